The monoisotopic (exact) mass is 539 g/mol. The molecule has 2 heterocycles. The number of piperazine rings is 1. The summed E-state index contributed by atoms with van der Waals surface area (Å²) in [5, 5.41) is 6.31. The fourth-order valence-electron chi connectivity index (χ4n) is 3.69. The van der Waals surface area contributed by atoms with Gasteiger partial charge < -0.3 is 20.0 Å². The van der Waals surface area contributed by atoms with Crippen LogP contribution in [0.15, 0.2) is 46.0 Å². The third-order valence-electron chi connectivity index (χ3n) is 5.36. The van der Waals surface area contributed by atoms with Crippen molar-refractivity contribution < 1.29 is 9.21 Å². The topological polar surface area (TPSA) is 73.1 Å². The summed E-state index contributed by atoms with van der Waals surface area (Å²) in [5.41, 5.74) is 3.54. The fraction of sp³-hybridized carbons (Fsp3) is 0.478. The van der Waals surface area contributed by atoms with Crippen LogP contribution in [-0.2, 0) is 6.54 Å². The number of aryl methyl sites for hydroxylation is 2. The fourth-order valence-corrected chi connectivity index (χ4v) is 3.69. The second kappa shape index (κ2) is 12.7. The average Bonchev–Trinajstić information content (AvgIpc) is 3.17. The number of carbonyl (C=O) groups is 1. The van der Waals surface area contributed by atoms with Crippen LogP contribution < -0.4 is 10.6 Å². The Hall–Kier alpha value is -2.07. The number of guanidine groups is 1. The van der Waals surface area contributed by atoms with Gasteiger partial charge in [-0.05, 0) is 31.9 Å². The van der Waals surface area contributed by atoms with Crippen molar-refractivity contribution in [3.8, 4) is 0 Å². The maximum absolute atomic E-state index is 12.0. The van der Waals surface area contributed by atoms with Crippen LogP contribution in [0.5, 0.6) is 0 Å². The summed E-state index contributed by atoms with van der Waals surface area (Å²) < 4.78 is 5.21. The number of hydrogen-bond acceptors (Lipinski definition) is 4. The van der Waals surface area contributed by atoms with Gasteiger partial charge in [-0.25, -0.2) is 0 Å². The van der Waals surface area contributed by atoms with Gasteiger partial charge >= 0.3 is 0 Å². The molecule has 1 fully saturated rings. The van der Waals surface area contributed by atoms with Crippen LogP contribution in [0, 0.1) is 13.8 Å². The Bertz CT molecular complexity index is 859. The van der Waals surface area contributed by atoms with Crippen LogP contribution >= 0.6 is 24.0 Å². The third kappa shape index (κ3) is 7.53. The van der Waals surface area contributed by atoms with Gasteiger partial charge in [-0.1, -0.05) is 29.8 Å². The van der Waals surface area contributed by atoms with Gasteiger partial charge in [0.15, 0.2) is 11.7 Å². The summed E-state index contributed by atoms with van der Waals surface area (Å²) in [5.74, 6) is 1.16. The predicted octanol–water partition coefficient (Wildman–Crippen LogP) is 3.03. The first kappa shape index (κ1) is 25.2. The van der Waals surface area contributed by atoms with Crippen LogP contribution in [0.1, 0.15) is 33.7 Å². The van der Waals surface area contributed by atoms with Gasteiger partial charge in [-0.15, -0.1) is 24.0 Å². The Labute approximate surface area is 202 Å². The first-order valence-electron chi connectivity index (χ1n) is 10.6. The van der Waals surface area contributed by atoms with E-state index in [0.717, 1.165) is 57.2 Å². The molecule has 1 aromatic carbocycles. The predicted molar refractivity (Wildman–Crippen MR) is 135 cm³/mol. The number of furan rings is 1. The second-order valence-electron chi connectivity index (χ2n) is 7.77. The molecule has 0 bridgehead atoms. The number of halogens is 1. The van der Waals surface area contributed by atoms with Gasteiger partial charge in [-0.2, -0.15) is 0 Å². The van der Waals surface area contributed by atoms with Crippen molar-refractivity contribution >= 4 is 35.8 Å². The minimum atomic E-state index is -0.161. The zero-order chi connectivity index (χ0) is 21.3. The molecule has 0 atom stereocenters. The van der Waals surface area contributed by atoms with E-state index in [0.29, 0.717) is 12.3 Å². The normalized spacial score (nSPS) is 14.8. The van der Waals surface area contributed by atoms with E-state index in [1.165, 1.54) is 17.4 Å². The van der Waals surface area contributed by atoms with Gasteiger partial charge in [0.2, 0.25) is 0 Å². The molecule has 7 nitrogen and oxygen atoms in total. The maximum atomic E-state index is 12.0. The summed E-state index contributed by atoms with van der Waals surface area (Å²) in [6.45, 7) is 10.3. The Morgan fingerprint density at radius 1 is 1.10 bits per heavy atom. The SMILES string of the molecule is CN=C(NCCCNC(=O)c1occc1C)N1CCN(Cc2cccc(C)c2)CC1.I. The summed E-state index contributed by atoms with van der Waals surface area (Å²) in [6, 6.07) is 10.5. The van der Waals surface area contributed by atoms with Crippen LogP contribution in [0.4, 0.5) is 0 Å². The van der Waals surface area contributed by atoms with Gasteiger partial charge in [0.25, 0.3) is 5.91 Å². The molecule has 1 saturated heterocycles. The number of nitrogens with zero attached hydrogens (tertiary/aromatic N) is 3. The van der Waals surface area contributed by atoms with Crippen molar-refractivity contribution in [3.63, 3.8) is 0 Å². The average molecular weight is 539 g/mol. The molecule has 8 heteroatoms. The zero-order valence-corrected chi connectivity index (χ0v) is 21.0. The quantitative estimate of drug-likeness (QED) is 0.245. The number of hydrogen-bond donors (Lipinski definition) is 2. The standard InChI is InChI=1S/C23H33N5O2.HI/c1-18-6-4-7-20(16-18)17-27-11-13-28(14-12-27)23(24-3)26-10-5-9-25-22(29)21-19(2)8-15-30-21;/h4,6-8,15-16H,5,9-14,17H2,1-3H3,(H,24,26)(H,25,29);1H. The van der Waals surface area contributed by atoms with E-state index in [1.807, 2.05) is 14.0 Å². The molecule has 2 aromatic rings. The van der Waals surface area contributed by atoms with E-state index in [1.54, 1.807) is 6.07 Å². The Kier molecular flexibility index (Phi) is 10.3. The Balaban J connectivity index is 0.00000341. The summed E-state index contributed by atoms with van der Waals surface area (Å²) in [7, 11) is 1.82. The van der Waals surface area contributed by atoms with E-state index in [2.05, 4.69) is 56.6 Å². The molecule has 1 amide bonds. The Morgan fingerprint density at radius 3 is 2.48 bits per heavy atom. The van der Waals surface area contributed by atoms with Crippen molar-refractivity contribution in [1.82, 2.24) is 20.4 Å². The highest BCUT2D eigenvalue weighted by atomic mass is 127. The largest absolute Gasteiger partial charge is 0.459 e. The van der Waals surface area contributed by atoms with Crippen molar-refractivity contribution in [2.75, 3.05) is 46.3 Å². The van der Waals surface area contributed by atoms with Crippen LogP contribution in [0.3, 0.4) is 0 Å². The van der Waals surface area contributed by atoms with E-state index in [9.17, 15) is 4.79 Å². The van der Waals surface area contributed by atoms with E-state index in [-0.39, 0.29) is 29.9 Å². The summed E-state index contributed by atoms with van der Waals surface area (Å²) in [4.78, 5) is 21.3. The molecule has 170 valence electrons. The third-order valence-corrected chi connectivity index (χ3v) is 5.36. The molecule has 31 heavy (non-hydrogen) atoms. The minimum Gasteiger partial charge on any atom is -0.459 e. The van der Waals surface area contributed by atoms with Crippen molar-refractivity contribution in [2.45, 2.75) is 26.8 Å². The minimum absolute atomic E-state index is 0. The van der Waals surface area contributed by atoms with E-state index in [4.69, 9.17) is 4.42 Å². The number of amides is 1. The lowest BCUT2D eigenvalue weighted by Crippen LogP contribution is -2.52. The van der Waals surface area contributed by atoms with Crippen LogP contribution in [0.2, 0.25) is 0 Å². The molecule has 1 aromatic heterocycles. The van der Waals surface area contributed by atoms with Gasteiger partial charge in [-0.3, -0.25) is 14.7 Å². The van der Waals surface area contributed by atoms with E-state index >= 15 is 0 Å². The van der Waals surface area contributed by atoms with Crippen molar-refractivity contribution in [2.24, 2.45) is 4.99 Å². The number of carbonyl (C=O) groups excluding carboxylic acids is 1. The van der Waals surface area contributed by atoms with Crippen molar-refractivity contribution in [1.29, 1.82) is 0 Å². The van der Waals surface area contributed by atoms with Crippen LogP contribution in [-0.4, -0.2) is 68.0 Å². The highest BCUT2D eigenvalue weighted by Crippen LogP contribution is 2.11. The lowest BCUT2D eigenvalue weighted by molar-refractivity contribution is 0.0925. The first-order chi connectivity index (χ1) is 14.6. The molecular weight excluding hydrogens is 505 g/mol. The molecule has 0 unspecified atom stereocenters. The molecule has 0 spiro atoms. The van der Waals surface area contributed by atoms with Gasteiger partial charge in [0.1, 0.15) is 0 Å². The lowest BCUT2D eigenvalue weighted by atomic mass is 10.1. The van der Waals surface area contributed by atoms with Gasteiger partial charge in [0.05, 0.1) is 6.26 Å². The number of aliphatic imine (C=N–C) groups is 1. The highest BCUT2D eigenvalue weighted by Gasteiger charge is 2.19. The second-order valence-corrected chi connectivity index (χ2v) is 7.77. The summed E-state index contributed by atoms with van der Waals surface area (Å²) in [6.07, 6.45) is 2.36. The summed E-state index contributed by atoms with van der Waals surface area (Å²) >= 11 is 0. The van der Waals surface area contributed by atoms with Gasteiger partial charge in [0, 0.05) is 58.4 Å². The van der Waals surface area contributed by atoms with E-state index < -0.39 is 0 Å². The van der Waals surface area contributed by atoms with Crippen LogP contribution in [0.25, 0.3) is 0 Å². The number of nitrogens with one attached hydrogen (secondary N) is 2. The molecule has 1 aliphatic rings. The van der Waals surface area contributed by atoms with Crippen molar-refractivity contribution in [3.05, 3.63) is 59.0 Å². The molecule has 0 saturated carbocycles. The molecule has 3 rings (SSSR count). The number of rotatable bonds is 7. The number of benzene rings is 1. The molecule has 0 radical (unpaired) electrons. The lowest BCUT2D eigenvalue weighted by Gasteiger charge is -2.36. The molecule has 0 aliphatic carbocycles. The highest BCUT2D eigenvalue weighted by molar-refractivity contribution is 14.0. The maximum Gasteiger partial charge on any atom is 0.287 e. The first-order valence-corrected chi connectivity index (χ1v) is 10.6. The molecule has 1 aliphatic heterocycles. The molecular formula is C23H34IN5O2. The smallest absolute Gasteiger partial charge is 0.287 e. The molecule has 2 N–H and O–H groups in total. The Morgan fingerprint density at radius 2 is 1.84 bits per heavy atom. The zero-order valence-electron chi connectivity index (χ0n) is 18.7.